The second kappa shape index (κ2) is 9.74. The normalized spacial score (nSPS) is 15.3. The van der Waals surface area contributed by atoms with Gasteiger partial charge >= 0.3 is 0 Å². The van der Waals surface area contributed by atoms with Crippen molar-refractivity contribution in [3.63, 3.8) is 0 Å². The van der Waals surface area contributed by atoms with Crippen molar-refractivity contribution in [3.05, 3.63) is 63.2 Å². The van der Waals surface area contributed by atoms with Crippen molar-refractivity contribution in [1.82, 2.24) is 15.1 Å². The summed E-state index contributed by atoms with van der Waals surface area (Å²) in [5.74, 6) is -0.814. The highest BCUT2D eigenvalue weighted by Gasteiger charge is 2.36. The van der Waals surface area contributed by atoms with Gasteiger partial charge < -0.3 is 9.80 Å². The van der Waals surface area contributed by atoms with Gasteiger partial charge in [-0.25, -0.2) is 0 Å². The van der Waals surface area contributed by atoms with Crippen LogP contribution in [0.3, 0.4) is 0 Å². The molecule has 3 aromatic rings. The number of hydrogen-bond donors (Lipinski definition) is 1. The van der Waals surface area contributed by atoms with Crippen LogP contribution in [-0.4, -0.2) is 58.5 Å². The number of nitrogens with zero attached hydrogens (tertiary/aromatic N) is 5. The van der Waals surface area contributed by atoms with E-state index < -0.39 is 16.9 Å². The highest BCUT2D eigenvalue weighted by Crippen LogP contribution is 2.30. The Morgan fingerprint density at radius 1 is 1.21 bits per heavy atom. The first-order valence-electron chi connectivity index (χ1n) is 10.4. The molecule has 1 fully saturated rings. The molecule has 0 aliphatic carbocycles. The first-order valence-corrected chi connectivity index (χ1v) is 11.6. The molecule has 2 aromatic carbocycles. The maximum Gasteiger partial charge on any atom is 0.270 e. The lowest BCUT2D eigenvalue weighted by Gasteiger charge is -2.24. The Hall–Kier alpha value is -3.57. The number of amides is 2. The summed E-state index contributed by atoms with van der Waals surface area (Å²) in [6, 6.07) is 10.8. The van der Waals surface area contributed by atoms with Crippen molar-refractivity contribution >= 4 is 51.3 Å². The summed E-state index contributed by atoms with van der Waals surface area (Å²) in [7, 11) is 3.92. The van der Waals surface area contributed by atoms with Crippen LogP contribution >= 0.6 is 22.9 Å². The van der Waals surface area contributed by atoms with Crippen molar-refractivity contribution in [1.29, 1.82) is 0 Å². The zero-order chi connectivity index (χ0) is 24.4. The molecule has 0 bridgehead atoms. The largest absolute Gasteiger partial charge is 0.378 e. The third-order valence-electron chi connectivity index (χ3n) is 5.50. The minimum Gasteiger partial charge on any atom is -0.378 e. The molecule has 12 heteroatoms. The summed E-state index contributed by atoms with van der Waals surface area (Å²) >= 11 is 7.36. The minimum atomic E-state index is -0.703. The smallest absolute Gasteiger partial charge is 0.270 e. The van der Waals surface area contributed by atoms with Gasteiger partial charge in [0.05, 0.1) is 15.5 Å². The van der Waals surface area contributed by atoms with Crippen molar-refractivity contribution in [3.8, 4) is 10.6 Å². The molecule has 2 amide bonds. The Labute approximate surface area is 204 Å². The first kappa shape index (κ1) is 23.6. The fourth-order valence-corrected chi connectivity index (χ4v) is 4.72. The van der Waals surface area contributed by atoms with Crippen LogP contribution in [0.1, 0.15) is 23.2 Å². The van der Waals surface area contributed by atoms with Crippen molar-refractivity contribution in [2.75, 3.05) is 30.9 Å². The maximum atomic E-state index is 13.0. The van der Waals surface area contributed by atoms with E-state index in [0.29, 0.717) is 29.5 Å². The number of aromatic nitrogens is 2. The van der Waals surface area contributed by atoms with Crippen molar-refractivity contribution in [2.45, 2.75) is 18.9 Å². The number of rotatable bonds is 6. The second-order valence-corrected chi connectivity index (χ2v) is 9.31. The summed E-state index contributed by atoms with van der Waals surface area (Å²) < 4.78 is 0. The number of nitrogens with one attached hydrogen (secondary N) is 1. The Morgan fingerprint density at radius 2 is 1.94 bits per heavy atom. The van der Waals surface area contributed by atoms with Gasteiger partial charge in [0.15, 0.2) is 0 Å². The number of nitro groups is 1. The van der Waals surface area contributed by atoms with E-state index in [0.717, 1.165) is 17.3 Å². The Morgan fingerprint density at radius 3 is 2.59 bits per heavy atom. The van der Waals surface area contributed by atoms with E-state index >= 15 is 0 Å². The molecule has 2 heterocycles. The predicted molar refractivity (Wildman–Crippen MR) is 130 cm³/mol. The van der Waals surface area contributed by atoms with Gasteiger partial charge in [-0.3, -0.25) is 25.0 Å². The van der Waals surface area contributed by atoms with Crippen LogP contribution < -0.4 is 10.2 Å². The van der Waals surface area contributed by atoms with Gasteiger partial charge in [-0.05, 0) is 43.2 Å². The molecule has 4 rings (SSSR count). The van der Waals surface area contributed by atoms with Gasteiger partial charge in [0.2, 0.25) is 11.0 Å². The molecule has 1 aromatic heterocycles. The van der Waals surface area contributed by atoms with Gasteiger partial charge in [0.25, 0.3) is 11.6 Å². The number of halogens is 1. The van der Waals surface area contributed by atoms with E-state index in [1.807, 2.05) is 43.3 Å². The lowest BCUT2D eigenvalue weighted by molar-refractivity contribution is -0.384. The average molecular weight is 501 g/mol. The fourth-order valence-electron chi connectivity index (χ4n) is 3.71. The van der Waals surface area contributed by atoms with Gasteiger partial charge in [0, 0.05) is 44.0 Å². The molecule has 0 spiro atoms. The Kier molecular flexibility index (Phi) is 6.75. The summed E-state index contributed by atoms with van der Waals surface area (Å²) in [5, 5.41) is 22.9. The number of hydrogen-bond acceptors (Lipinski definition) is 8. The molecule has 1 aliphatic heterocycles. The molecule has 34 heavy (non-hydrogen) atoms. The lowest BCUT2D eigenvalue weighted by Crippen LogP contribution is -2.43. The van der Waals surface area contributed by atoms with Crippen LogP contribution in [0.15, 0.2) is 42.5 Å². The zero-order valence-corrected chi connectivity index (χ0v) is 20.0. The van der Waals surface area contributed by atoms with Gasteiger partial charge in [-0.2, -0.15) is 0 Å². The van der Waals surface area contributed by atoms with Crippen LogP contribution in [0.25, 0.3) is 10.6 Å². The zero-order valence-electron chi connectivity index (χ0n) is 18.4. The second-order valence-electron chi connectivity index (χ2n) is 7.92. The number of nitro benzene ring substituents is 1. The van der Waals surface area contributed by atoms with E-state index in [2.05, 4.69) is 15.5 Å². The number of carbonyl (C=O) groups excluding carboxylic acids is 2. The fraction of sp³-hybridized carbons (Fsp3) is 0.273. The van der Waals surface area contributed by atoms with Gasteiger partial charge in [-0.15, -0.1) is 10.2 Å². The quantitative estimate of drug-likeness (QED) is 0.399. The van der Waals surface area contributed by atoms with E-state index in [1.54, 1.807) is 0 Å². The molecular weight excluding hydrogens is 480 g/mol. The standard InChI is InChI=1S/C22H21ClN6O4S/c1-27(2)14-7-5-13(6-8-14)20-25-26-22(34-20)24-19(30)18-4-3-11-28(18)21(31)16-10-9-15(29(32)33)12-17(16)23/h5-10,12,18H,3-4,11H2,1-2H3,(H,24,26,30). The first-order chi connectivity index (χ1) is 16.2. The molecule has 0 radical (unpaired) electrons. The Balaban J connectivity index is 1.46. The van der Waals surface area contributed by atoms with Crippen LogP contribution in [0, 0.1) is 10.1 Å². The van der Waals surface area contributed by atoms with E-state index in [4.69, 9.17) is 11.6 Å². The van der Waals surface area contributed by atoms with Gasteiger partial charge in [0.1, 0.15) is 11.0 Å². The molecule has 0 saturated carbocycles. The molecule has 1 saturated heterocycles. The lowest BCUT2D eigenvalue weighted by atomic mass is 10.1. The van der Waals surface area contributed by atoms with Crippen LogP contribution in [0.2, 0.25) is 5.02 Å². The van der Waals surface area contributed by atoms with E-state index in [9.17, 15) is 19.7 Å². The molecule has 1 atom stereocenters. The predicted octanol–water partition coefficient (Wildman–Crippen LogP) is 4.08. The summed E-state index contributed by atoms with van der Waals surface area (Å²) in [6.07, 6.45) is 1.13. The van der Waals surface area contributed by atoms with Crippen molar-refractivity contribution < 1.29 is 14.5 Å². The number of carbonyl (C=O) groups is 2. The van der Waals surface area contributed by atoms with E-state index in [1.165, 1.54) is 28.4 Å². The molecule has 1 aliphatic rings. The number of anilines is 2. The monoisotopic (exact) mass is 500 g/mol. The third kappa shape index (κ3) is 4.85. The molecule has 1 unspecified atom stereocenters. The van der Waals surface area contributed by atoms with Crippen LogP contribution in [0.5, 0.6) is 0 Å². The maximum absolute atomic E-state index is 13.0. The van der Waals surface area contributed by atoms with Crippen molar-refractivity contribution in [2.24, 2.45) is 0 Å². The minimum absolute atomic E-state index is 0.0284. The average Bonchev–Trinajstić information content (AvgIpc) is 3.48. The number of likely N-dealkylation sites (tertiary alicyclic amines) is 1. The molecule has 1 N–H and O–H groups in total. The molecular formula is C22H21ClN6O4S. The SMILES string of the molecule is CN(C)c1ccc(-c2nnc(NC(=O)C3CCCN3C(=O)c3ccc([N+](=O)[O-])cc3Cl)s2)cc1. The third-order valence-corrected chi connectivity index (χ3v) is 6.70. The molecule has 176 valence electrons. The number of non-ortho nitro benzene ring substituents is 1. The summed E-state index contributed by atoms with van der Waals surface area (Å²) in [4.78, 5) is 39.8. The van der Waals surface area contributed by atoms with Gasteiger partial charge in [-0.1, -0.05) is 22.9 Å². The van der Waals surface area contributed by atoms with E-state index in [-0.39, 0.29) is 22.2 Å². The summed E-state index contributed by atoms with van der Waals surface area (Å²) in [5.41, 5.74) is 1.85. The number of benzene rings is 2. The topological polar surface area (TPSA) is 122 Å². The highest BCUT2D eigenvalue weighted by molar-refractivity contribution is 7.18. The van der Waals surface area contributed by atoms with Crippen LogP contribution in [0.4, 0.5) is 16.5 Å². The van der Waals surface area contributed by atoms with Crippen LogP contribution in [-0.2, 0) is 4.79 Å². The highest BCUT2D eigenvalue weighted by atomic mass is 35.5. The molecule has 10 nitrogen and oxygen atoms in total. The Bertz CT molecular complexity index is 1250. The summed E-state index contributed by atoms with van der Waals surface area (Å²) in [6.45, 7) is 0.379.